The number of methoxy groups -OCH3 is 1. The van der Waals surface area contributed by atoms with Gasteiger partial charge in [-0.3, -0.25) is 4.79 Å². The Morgan fingerprint density at radius 2 is 2.21 bits per heavy atom. The number of piperidine rings is 1. The highest BCUT2D eigenvalue weighted by molar-refractivity contribution is 5.78. The van der Waals surface area contributed by atoms with Crippen LogP contribution in [0.4, 0.5) is 0 Å². The maximum Gasteiger partial charge on any atom is 0.222 e. The Kier molecular flexibility index (Phi) is 3.89. The van der Waals surface area contributed by atoms with Gasteiger partial charge >= 0.3 is 0 Å². The quantitative estimate of drug-likeness (QED) is 0.680. The van der Waals surface area contributed by atoms with Crippen LogP contribution in [0, 0.1) is 11.8 Å². The summed E-state index contributed by atoms with van der Waals surface area (Å²) >= 11 is 0. The second-order valence-electron chi connectivity index (χ2n) is 4.27. The van der Waals surface area contributed by atoms with Gasteiger partial charge in [-0.2, -0.15) is 0 Å². The molecule has 0 spiro atoms. The molecule has 82 valence electrons. The highest BCUT2D eigenvalue weighted by atomic mass is 16.5. The van der Waals surface area contributed by atoms with Gasteiger partial charge < -0.3 is 15.8 Å². The van der Waals surface area contributed by atoms with Crippen LogP contribution in [0.2, 0.25) is 0 Å². The zero-order valence-electron chi connectivity index (χ0n) is 9.12. The molecule has 0 radical (unpaired) electrons. The summed E-state index contributed by atoms with van der Waals surface area (Å²) in [6, 6.07) is 0.497. The van der Waals surface area contributed by atoms with Crippen molar-refractivity contribution in [3.05, 3.63) is 0 Å². The zero-order chi connectivity index (χ0) is 10.7. The summed E-state index contributed by atoms with van der Waals surface area (Å²) in [4.78, 5) is 11.3. The molecule has 4 unspecified atom stereocenters. The summed E-state index contributed by atoms with van der Waals surface area (Å²) in [5.74, 6) is 0.00833. The smallest absolute Gasteiger partial charge is 0.222 e. The van der Waals surface area contributed by atoms with Gasteiger partial charge in [-0.1, -0.05) is 6.92 Å². The van der Waals surface area contributed by atoms with Crippen LogP contribution in [-0.4, -0.2) is 31.7 Å². The molecular weight excluding hydrogens is 180 g/mol. The molecule has 1 aliphatic heterocycles. The van der Waals surface area contributed by atoms with Crippen molar-refractivity contribution in [1.29, 1.82) is 0 Å². The Morgan fingerprint density at radius 3 is 2.71 bits per heavy atom. The minimum Gasteiger partial charge on any atom is -0.383 e. The van der Waals surface area contributed by atoms with Crippen LogP contribution in [0.1, 0.15) is 20.3 Å². The number of rotatable bonds is 3. The fraction of sp³-hybridized carbons (Fsp3) is 0.900. The van der Waals surface area contributed by atoms with E-state index in [1.54, 1.807) is 7.11 Å². The van der Waals surface area contributed by atoms with Crippen LogP contribution in [0.3, 0.4) is 0 Å². The van der Waals surface area contributed by atoms with Gasteiger partial charge in [-0.15, -0.1) is 0 Å². The topological polar surface area (TPSA) is 64.3 Å². The molecule has 0 bridgehead atoms. The van der Waals surface area contributed by atoms with E-state index in [-0.39, 0.29) is 17.9 Å². The van der Waals surface area contributed by atoms with Gasteiger partial charge in [0.2, 0.25) is 5.91 Å². The Morgan fingerprint density at radius 1 is 1.57 bits per heavy atom. The summed E-state index contributed by atoms with van der Waals surface area (Å²) < 4.78 is 5.09. The first-order chi connectivity index (χ1) is 6.56. The second-order valence-corrected chi connectivity index (χ2v) is 4.27. The van der Waals surface area contributed by atoms with E-state index < -0.39 is 0 Å². The van der Waals surface area contributed by atoms with Crippen LogP contribution >= 0.6 is 0 Å². The molecule has 1 amide bonds. The van der Waals surface area contributed by atoms with Crippen molar-refractivity contribution in [2.24, 2.45) is 17.6 Å². The van der Waals surface area contributed by atoms with Crippen molar-refractivity contribution in [2.75, 3.05) is 13.7 Å². The predicted molar refractivity (Wildman–Crippen MR) is 54.7 cm³/mol. The molecule has 4 heteroatoms. The average Bonchev–Trinajstić information content (AvgIpc) is 2.01. The standard InChI is InChI=1S/C10H20N2O2/c1-6-4-7(2)12-8(5-14-3)9(6)10(11)13/h6-9,12H,4-5H2,1-3H3,(H2,11,13). The molecule has 1 rings (SSSR count). The van der Waals surface area contributed by atoms with Crippen LogP contribution in [-0.2, 0) is 9.53 Å². The molecule has 0 aliphatic carbocycles. The van der Waals surface area contributed by atoms with Crippen LogP contribution < -0.4 is 11.1 Å². The van der Waals surface area contributed by atoms with Crippen molar-refractivity contribution in [3.63, 3.8) is 0 Å². The molecule has 1 saturated heterocycles. The van der Waals surface area contributed by atoms with E-state index >= 15 is 0 Å². The summed E-state index contributed by atoms with van der Waals surface area (Å²) in [7, 11) is 1.64. The molecule has 1 heterocycles. The lowest BCUT2D eigenvalue weighted by atomic mass is 9.79. The molecule has 0 aromatic carbocycles. The molecule has 0 saturated carbocycles. The number of primary amides is 1. The summed E-state index contributed by atoms with van der Waals surface area (Å²) in [6.07, 6.45) is 0.994. The highest BCUT2D eigenvalue weighted by Crippen LogP contribution is 2.26. The number of ether oxygens (including phenoxy) is 1. The highest BCUT2D eigenvalue weighted by Gasteiger charge is 2.36. The first kappa shape index (κ1) is 11.5. The molecule has 0 aromatic rings. The van der Waals surface area contributed by atoms with Gasteiger partial charge in [-0.05, 0) is 19.3 Å². The Labute approximate surface area is 85.2 Å². The Hall–Kier alpha value is -0.610. The lowest BCUT2D eigenvalue weighted by Crippen LogP contribution is -2.56. The van der Waals surface area contributed by atoms with Crippen molar-refractivity contribution in [1.82, 2.24) is 5.32 Å². The van der Waals surface area contributed by atoms with Crippen LogP contribution in [0.5, 0.6) is 0 Å². The van der Waals surface area contributed by atoms with Crippen molar-refractivity contribution >= 4 is 5.91 Å². The van der Waals surface area contributed by atoms with E-state index in [0.717, 1.165) is 6.42 Å². The summed E-state index contributed by atoms with van der Waals surface area (Å²) in [6.45, 7) is 4.74. The number of carbonyl (C=O) groups excluding carboxylic acids is 1. The van der Waals surface area contributed by atoms with Gasteiger partial charge in [0.25, 0.3) is 0 Å². The van der Waals surface area contributed by atoms with E-state index in [1.165, 1.54) is 0 Å². The average molecular weight is 200 g/mol. The lowest BCUT2D eigenvalue weighted by Gasteiger charge is -2.38. The van der Waals surface area contributed by atoms with E-state index in [9.17, 15) is 4.79 Å². The number of nitrogens with two attached hydrogens (primary N) is 1. The van der Waals surface area contributed by atoms with E-state index in [2.05, 4.69) is 19.2 Å². The molecule has 1 fully saturated rings. The first-order valence-corrected chi connectivity index (χ1v) is 5.10. The fourth-order valence-corrected chi connectivity index (χ4v) is 2.45. The molecule has 4 atom stereocenters. The van der Waals surface area contributed by atoms with Gasteiger partial charge in [0.05, 0.1) is 12.5 Å². The minimum absolute atomic E-state index is 0.0660. The molecule has 1 aliphatic rings. The Bertz CT molecular complexity index is 208. The molecule has 0 aromatic heterocycles. The van der Waals surface area contributed by atoms with Crippen LogP contribution in [0.25, 0.3) is 0 Å². The normalized spacial score (nSPS) is 38.2. The third kappa shape index (κ3) is 2.45. The van der Waals surface area contributed by atoms with Crippen molar-refractivity contribution < 1.29 is 9.53 Å². The van der Waals surface area contributed by atoms with Crippen LogP contribution in [0.15, 0.2) is 0 Å². The first-order valence-electron chi connectivity index (χ1n) is 5.10. The van der Waals surface area contributed by atoms with Crippen molar-refractivity contribution in [3.8, 4) is 0 Å². The van der Waals surface area contributed by atoms with Gasteiger partial charge in [0, 0.05) is 19.2 Å². The molecule has 4 nitrogen and oxygen atoms in total. The van der Waals surface area contributed by atoms with Crippen molar-refractivity contribution in [2.45, 2.75) is 32.4 Å². The van der Waals surface area contributed by atoms with Gasteiger partial charge in [-0.25, -0.2) is 0 Å². The number of carbonyl (C=O) groups is 1. The third-order valence-electron chi connectivity index (χ3n) is 2.95. The molecule has 14 heavy (non-hydrogen) atoms. The maximum atomic E-state index is 11.3. The zero-order valence-corrected chi connectivity index (χ0v) is 9.12. The van der Waals surface area contributed by atoms with Gasteiger partial charge in [0.15, 0.2) is 0 Å². The summed E-state index contributed by atoms with van der Waals surface area (Å²) in [5, 5.41) is 3.35. The lowest BCUT2D eigenvalue weighted by molar-refractivity contribution is -0.126. The monoisotopic (exact) mass is 200 g/mol. The second kappa shape index (κ2) is 4.75. The number of amides is 1. The third-order valence-corrected chi connectivity index (χ3v) is 2.95. The van der Waals surface area contributed by atoms with E-state index in [1.807, 2.05) is 0 Å². The number of hydrogen-bond donors (Lipinski definition) is 2. The summed E-state index contributed by atoms with van der Waals surface area (Å²) in [5.41, 5.74) is 5.39. The Balaban J connectivity index is 2.70. The maximum absolute atomic E-state index is 11.3. The largest absolute Gasteiger partial charge is 0.383 e. The number of nitrogens with one attached hydrogen (secondary N) is 1. The molecule has 3 N–H and O–H groups in total. The van der Waals surface area contributed by atoms with E-state index in [0.29, 0.717) is 18.6 Å². The fourth-order valence-electron chi connectivity index (χ4n) is 2.45. The SMILES string of the molecule is COCC1NC(C)CC(C)C1C(N)=O. The predicted octanol–water partition coefficient (Wildman–Crippen LogP) is 0.121. The minimum atomic E-state index is -0.223. The number of hydrogen-bond acceptors (Lipinski definition) is 3. The van der Waals surface area contributed by atoms with Gasteiger partial charge in [0.1, 0.15) is 0 Å². The molecular formula is C10H20N2O2. The van der Waals surface area contributed by atoms with E-state index in [4.69, 9.17) is 10.5 Å².